The van der Waals surface area contributed by atoms with Gasteiger partial charge in [-0.2, -0.15) is 5.26 Å². The van der Waals surface area contributed by atoms with E-state index in [0.29, 0.717) is 60.6 Å². The fraction of sp³-hybridized carbons (Fsp3) is 0.255. The van der Waals surface area contributed by atoms with E-state index in [-0.39, 0.29) is 57.2 Å². The number of nitrogens with one attached hydrogen (secondary N) is 2. The van der Waals surface area contributed by atoms with Crippen molar-refractivity contribution >= 4 is 52.7 Å². The number of carboxylic acids is 1. The van der Waals surface area contributed by atoms with E-state index in [1.165, 1.54) is 67.0 Å². The molecule has 4 aliphatic rings. The molecule has 1 aromatic heterocycles. The normalized spacial score (nSPS) is 15.8. The molecule has 0 spiro atoms. The number of rotatable bonds is 15. The van der Waals surface area contributed by atoms with Crippen LogP contribution in [0, 0.1) is 11.3 Å². The third-order valence-corrected chi connectivity index (χ3v) is 12.0. The van der Waals surface area contributed by atoms with Gasteiger partial charge in [-0.25, -0.2) is 13.6 Å². The Morgan fingerprint density at radius 2 is 1.63 bits per heavy atom. The zero-order valence-electron chi connectivity index (χ0n) is 37.4. The Labute approximate surface area is 398 Å². The van der Waals surface area contributed by atoms with Gasteiger partial charge in [0.15, 0.2) is 5.43 Å². The molecule has 70 heavy (non-hydrogen) atoms. The number of likely N-dealkylation sites (tertiary alicyclic amines) is 1. The molecule has 0 unspecified atom stereocenters. The lowest BCUT2D eigenvalue weighted by molar-refractivity contribution is -0.132. The van der Waals surface area contributed by atoms with Crippen LogP contribution in [0.15, 0.2) is 107 Å². The number of carboxylic acid groups (broad SMARTS) is 1. The number of aromatic carboxylic acids is 1. The van der Waals surface area contributed by atoms with E-state index in [9.17, 15) is 53.0 Å². The summed E-state index contributed by atoms with van der Waals surface area (Å²) in [5.41, 5.74) is 2.34. The smallest absolute Gasteiger partial charge is 0.336 e. The number of amides is 4. The summed E-state index contributed by atoms with van der Waals surface area (Å²) in [6.45, 7) is 1.65. The third-order valence-electron chi connectivity index (χ3n) is 12.0. The number of fused-ring (bicyclic) bond motifs is 2. The zero-order chi connectivity index (χ0) is 49.5. The highest BCUT2D eigenvalue weighted by molar-refractivity contribution is 6.09. The Bertz CT molecular complexity index is 3090. The number of ether oxygens (including phenoxy) is 1. The Morgan fingerprint density at radius 1 is 0.871 bits per heavy atom. The van der Waals surface area contributed by atoms with Crippen molar-refractivity contribution in [3.63, 3.8) is 0 Å². The van der Waals surface area contributed by atoms with Crippen LogP contribution in [0.3, 0.4) is 0 Å². The number of hydrogen-bond donors (Lipinski definition) is 4. The van der Waals surface area contributed by atoms with Crippen molar-refractivity contribution in [1.82, 2.24) is 30.3 Å². The molecule has 1 atom stereocenters. The number of halogens is 2. The lowest BCUT2D eigenvalue weighted by Gasteiger charge is -2.34. The number of benzene rings is 4. The molecule has 2 saturated heterocycles. The van der Waals surface area contributed by atoms with Crippen LogP contribution < -0.4 is 20.8 Å². The van der Waals surface area contributed by atoms with Gasteiger partial charge in [-0.05, 0) is 78.2 Å². The maximum atomic E-state index is 13.8. The van der Waals surface area contributed by atoms with Crippen molar-refractivity contribution in [2.75, 3.05) is 59.0 Å². The molecule has 17 nitrogen and oxygen atoms in total. The zero-order valence-corrected chi connectivity index (χ0v) is 37.4. The van der Waals surface area contributed by atoms with Crippen LogP contribution in [0.1, 0.15) is 55.0 Å². The highest BCUT2D eigenvalue weighted by atomic mass is 19.3. The summed E-state index contributed by atoms with van der Waals surface area (Å²) in [4.78, 5) is 85.6. The van der Waals surface area contributed by atoms with E-state index in [0.717, 1.165) is 23.4 Å². The molecule has 0 radical (unpaired) electrons. The molecule has 1 aliphatic carbocycles. The average molecular weight is 954 g/mol. The van der Waals surface area contributed by atoms with Crippen molar-refractivity contribution in [3.05, 3.63) is 135 Å². The molecular weight excluding hydrogens is 909 g/mol. The number of nitriles is 1. The van der Waals surface area contributed by atoms with Crippen LogP contribution in [-0.2, 0) is 9.59 Å². The van der Waals surface area contributed by atoms with Gasteiger partial charge in [-0.1, -0.05) is 24.3 Å². The molecule has 358 valence electrons. The highest BCUT2D eigenvalue weighted by Gasteiger charge is 2.47. The number of pyridine rings is 1. The molecule has 3 aliphatic heterocycles. The maximum Gasteiger partial charge on any atom is 0.336 e. The van der Waals surface area contributed by atoms with Gasteiger partial charge in [0.25, 0.3) is 17.7 Å². The molecule has 2 fully saturated rings. The van der Waals surface area contributed by atoms with Gasteiger partial charge in [0.05, 0.1) is 37.9 Å². The Balaban J connectivity index is 0.779. The van der Waals surface area contributed by atoms with Crippen molar-refractivity contribution in [3.8, 4) is 40.0 Å². The quantitative estimate of drug-likeness (QED) is 0.0750. The maximum absolute atomic E-state index is 13.8. The summed E-state index contributed by atoms with van der Waals surface area (Å²) in [5.74, 6) is -5.93. The summed E-state index contributed by atoms with van der Waals surface area (Å²) in [5, 5.41) is 35.0. The number of aromatic hydroxyl groups is 1. The summed E-state index contributed by atoms with van der Waals surface area (Å²) in [6, 6.07) is 21.8. The number of hydrogen-bond acceptors (Lipinski definition) is 12. The van der Waals surface area contributed by atoms with Gasteiger partial charge in [-0.3, -0.25) is 33.9 Å². The van der Waals surface area contributed by atoms with Crippen LogP contribution >= 0.6 is 0 Å². The van der Waals surface area contributed by atoms with Crippen LogP contribution in [0.4, 0.5) is 8.78 Å². The molecule has 4 N–H and O–H groups in total. The molecule has 8 rings (SSSR count). The highest BCUT2D eigenvalue weighted by Crippen LogP contribution is 2.42. The monoisotopic (exact) mass is 953 g/mol. The van der Waals surface area contributed by atoms with Gasteiger partial charge < -0.3 is 39.8 Å². The van der Waals surface area contributed by atoms with E-state index >= 15 is 0 Å². The van der Waals surface area contributed by atoms with Crippen molar-refractivity contribution in [1.29, 1.82) is 5.26 Å². The molecule has 19 heteroatoms. The molecular formula is C51H45F2N7O10. The van der Waals surface area contributed by atoms with Crippen LogP contribution in [0.2, 0.25) is 0 Å². The first kappa shape index (κ1) is 48.0. The van der Waals surface area contributed by atoms with Crippen LogP contribution in [0.25, 0.3) is 45.6 Å². The second kappa shape index (κ2) is 20.8. The van der Waals surface area contributed by atoms with E-state index in [4.69, 9.17) is 9.15 Å². The lowest BCUT2D eigenvalue weighted by atomic mass is 9.89. The fourth-order valence-electron chi connectivity index (χ4n) is 8.45. The second-order valence-electron chi connectivity index (χ2n) is 16.8. The minimum absolute atomic E-state index is 0.101. The number of piperazine rings is 1. The molecule has 4 amide bonds. The predicted octanol–water partition coefficient (Wildman–Crippen LogP) is 5.37. The third kappa shape index (κ3) is 11.1. The van der Waals surface area contributed by atoms with Crippen LogP contribution in [-0.4, -0.2) is 130 Å². The van der Waals surface area contributed by atoms with Gasteiger partial charge in [0.1, 0.15) is 28.9 Å². The first-order chi connectivity index (χ1) is 33.7. The first-order valence-electron chi connectivity index (χ1n) is 22.2. The Kier molecular flexibility index (Phi) is 14.2. The number of alkyl halides is 2. The minimum atomic E-state index is -3.16. The standard InChI is InChI=1S/C51H45F2N7O10/c52-51(53)25-34(26-54)60(30-51)46(64)29-57-49(66)38-14-15-55-27-33(38)5-2-31-3-9-37(10-4-31)69-21-1-16-58-17-19-59(20-18-58)45(63)28-56-48(65)32-6-11-39(50(67)68)42(22-32)47-40-12-7-35(61)23-43(40)70-44-24-36(62)8-13-41(44)47/h2-15,22-24,27,34,61H,1,16-21,25,28-30H2,(H,56,65)(H,57,66)(H,67,68)/b5-2+/t34-/m0/s1. The van der Waals surface area contributed by atoms with Gasteiger partial charge >= 0.3 is 5.97 Å². The molecule has 3 aromatic carbocycles. The van der Waals surface area contributed by atoms with Crippen LogP contribution in [0.5, 0.6) is 11.5 Å². The van der Waals surface area contributed by atoms with E-state index in [1.807, 2.05) is 24.3 Å². The predicted molar refractivity (Wildman–Crippen MR) is 251 cm³/mol. The SMILES string of the molecule is N#C[C@@H]1CC(F)(F)CN1C(=O)CNC(=O)c1ccncc1/C=C/c1ccc(OCCCN2CCN(C(=O)CNC(=O)c3ccc(C(=O)O)c(-c4c5ccc(=O)cc-5oc5cc(O)ccc45)c3)CC2)cc1. The van der Waals surface area contributed by atoms with Crippen molar-refractivity contribution in [2.24, 2.45) is 0 Å². The fourth-order valence-corrected chi connectivity index (χ4v) is 8.45. The van der Waals surface area contributed by atoms with Crippen molar-refractivity contribution < 1.29 is 52.1 Å². The Hall–Kier alpha value is -8.50. The van der Waals surface area contributed by atoms with E-state index < -0.39 is 55.2 Å². The second-order valence-corrected chi connectivity index (χ2v) is 16.8. The largest absolute Gasteiger partial charge is 0.508 e. The first-order valence-corrected chi connectivity index (χ1v) is 22.2. The minimum Gasteiger partial charge on any atom is -0.508 e. The summed E-state index contributed by atoms with van der Waals surface area (Å²) >= 11 is 0. The van der Waals surface area contributed by atoms with Gasteiger partial charge in [-0.15, -0.1) is 0 Å². The van der Waals surface area contributed by atoms with Crippen molar-refractivity contribution in [2.45, 2.75) is 24.8 Å². The van der Waals surface area contributed by atoms with Gasteiger partial charge in [0, 0.05) is 96.9 Å². The number of carbonyl (C=O) groups excluding carboxylic acids is 4. The molecule has 4 aromatic rings. The average Bonchev–Trinajstić information content (AvgIpc) is 3.69. The molecule has 4 heterocycles. The topological polar surface area (TPSA) is 236 Å². The number of phenolic OH excluding ortho intramolecular Hbond substituents is 1. The summed E-state index contributed by atoms with van der Waals surface area (Å²) in [6.07, 6.45) is 6.34. The number of phenols is 1. The molecule has 0 saturated carbocycles. The lowest BCUT2D eigenvalue weighted by Crippen LogP contribution is -2.51. The number of aromatic nitrogens is 1. The molecule has 0 bridgehead atoms. The number of nitrogens with zero attached hydrogens (tertiary/aromatic N) is 5. The van der Waals surface area contributed by atoms with E-state index in [2.05, 4.69) is 20.5 Å². The number of carbonyl (C=O) groups is 5. The van der Waals surface area contributed by atoms with E-state index in [1.54, 1.807) is 29.2 Å². The summed E-state index contributed by atoms with van der Waals surface area (Å²) in [7, 11) is 0. The summed E-state index contributed by atoms with van der Waals surface area (Å²) < 4.78 is 39.4. The van der Waals surface area contributed by atoms with Gasteiger partial charge in [0.2, 0.25) is 11.8 Å². The Morgan fingerprint density at radius 3 is 2.39 bits per heavy atom.